The van der Waals surface area contributed by atoms with Crippen LogP contribution in [0.15, 0.2) is 18.5 Å². The van der Waals surface area contributed by atoms with E-state index in [0.717, 1.165) is 25.8 Å². The fourth-order valence-corrected chi connectivity index (χ4v) is 1.88. The number of rotatable bonds is 7. The number of carbonyl (C=O) groups excluding carboxylic acids is 2. The highest BCUT2D eigenvalue weighted by molar-refractivity contribution is 5.99. The van der Waals surface area contributed by atoms with Gasteiger partial charge >= 0.3 is 0 Å². The summed E-state index contributed by atoms with van der Waals surface area (Å²) in [6, 6.07) is 1.88. The summed E-state index contributed by atoms with van der Waals surface area (Å²) < 4.78 is 0. The van der Waals surface area contributed by atoms with Gasteiger partial charge in [0.1, 0.15) is 0 Å². The second kappa shape index (κ2) is 7.17. The van der Waals surface area contributed by atoms with Crippen LogP contribution in [0.3, 0.4) is 0 Å². The molecule has 6 heteroatoms. The number of aromatic nitrogens is 1. The first-order chi connectivity index (χ1) is 10.1. The minimum atomic E-state index is -0.192. The lowest BCUT2D eigenvalue weighted by Gasteiger charge is -2.10. The summed E-state index contributed by atoms with van der Waals surface area (Å²) in [6.07, 6.45) is 5.92. The number of amides is 2. The van der Waals surface area contributed by atoms with Crippen molar-refractivity contribution in [1.29, 1.82) is 0 Å². The van der Waals surface area contributed by atoms with E-state index in [1.807, 2.05) is 14.1 Å². The smallest absolute Gasteiger partial charge is 0.253 e. The van der Waals surface area contributed by atoms with Gasteiger partial charge in [-0.25, -0.2) is 0 Å². The molecule has 0 spiro atoms. The predicted octanol–water partition coefficient (Wildman–Crippen LogP) is 0.655. The van der Waals surface area contributed by atoms with Crippen molar-refractivity contribution < 1.29 is 9.59 Å². The van der Waals surface area contributed by atoms with Crippen LogP contribution in [0, 0.1) is 0 Å². The van der Waals surface area contributed by atoms with Crippen LogP contribution in [0.2, 0.25) is 0 Å². The zero-order chi connectivity index (χ0) is 15.2. The van der Waals surface area contributed by atoms with Gasteiger partial charge in [0, 0.05) is 25.0 Å². The molecule has 6 nitrogen and oxygen atoms in total. The number of hydrogen-bond donors (Lipinski definition) is 2. The van der Waals surface area contributed by atoms with Gasteiger partial charge in [0.25, 0.3) is 11.8 Å². The number of pyridine rings is 1. The van der Waals surface area contributed by atoms with Crippen molar-refractivity contribution >= 4 is 11.8 Å². The Morgan fingerprint density at radius 2 is 1.90 bits per heavy atom. The number of nitrogens with zero attached hydrogens (tertiary/aromatic N) is 2. The molecule has 1 fully saturated rings. The highest BCUT2D eigenvalue weighted by Gasteiger charge is 2.24. The summed E-state index contributed by atoms with van der Waals surface area (Å²) in [5.41, 5.74) is 0.853. The monoisotopic (exact) mass is 290 g/mol. The average Bonchev–Trinajstić information content (AvgIpc) is 3.27. The topological polar surface area (TPSA) is 74.3 Å². The highest BCUT2D eigenvalue weighted by atomic mass is 16.2. The van der Waals surface area contributed by atoms with E-state index in [1.54, 1.807) is 6.07 Å². The lowest BCUT2D eigenvalue weighted by Crippen LogP contribution is -2.28. The van der Waals surface area contributed by atoms with Crippen molar-refractivity contribution in [3.05, 3.63) is 29.6 Å². The number of hydrogen-bond acceptors (Lipinski definition) is 4. The van der Waals surface area contributed by atoms with Crippen molar-refractivity contribution in [2.45, 2.75) is 25.3 Å². The molecule has 0 aliphatic heterocycles. The van der Waals surface area contributed by atoms with Crippen LogP contribution in [0.5, 0.6) is 0 Å². The minimum absolute atomic E-state index is 0.160. The first kappa shape index (κ1) is 15.4. The molecule has 1 aromatic heterocycles. The van der Waals surface area contributed by atoms with E-state index in [4.69, 9.17) is 0 Å². The summed E-state index contributed by atoms with van der Waals surface area (Å²) in [6.45, 7) is 1.53. The van der Waals surface area contributed by atoms with Crippen LogP contribution in [0.1, 0.15) is 40.0 Å². The van der Waals surface area contributed by atoms with Crippen molar-refractivity contribution in [3.63, 3.8) is 0 Å². The molecule has 1 saturated carbocycles. The van der Waals surface area contributed by atoms with Gasteiger partial charge in [-0.2, -0.15) is 0 Å². The Morgan fingerprint density at radius 3 is 2.52 bits per heavy atom. The lowest BCUT2D eigenvalue weighted by atomic mass is 10.2. The molecule has 2 amide bonds. The van der Waals surface area contributed by atoms with Crippen molar-refractivity contribution in [1.82, 2.24) is 20.5 Å². The summed E-state index contributed by atoms with van der Waals surface area (Å²) >= 11 is 0. The maximum atomic E-state index is 12.0. The molecular weight excluding hydrogens is 268 g/mol. The summed E-state index contributed by atoms with van der Waals surface area (Å²) in [5.74, 6) is -0.352. The SMILES string of the molecule is CN(C)CCCNC(=O)c1cncc(C(=O)NC2CC2)c1. The molecule has 0 atom stereocenters. The van der Waals surface area contributed by atoms with Crippen LogP contribution in [0.25, 0.3) is 0 Å². The molecule has 1 aromatic rings. The molecule has 21 heavy (non-hydrogen) atoms. The Bertz CT molecular complexity index is 512. The van der Waals surface area contributed by atoms with Crippen LogP contribution < -0.4 is 10.6 Å². The van der Waals surface area contributed by atoms with Crippen molar-refractivity contribution in [3.8, 4) is 0 Å². The normalized spacial score (nSPS) is 14.0. The fraction of sp³-hybridized carbons (Fsp3) is 0.533. The van der Waals surface area contributed by atoms with Gasteiger partial charge in [-0.1, -0.05) is 0 Å². The van der Waals surface area contributed by atoms with Crippen LogP contribution in [-0.4, -0.2) is 54.9 Å². The van der Waals surface area contributed by atoms with Gasteiger partial charge < -0.3 is 15.5 Å². The lowest BCUT2D eigenvalue weighted by molar-refractivity contribution is 0.0950. The molecular formula is C15H22N4O2. The molecule has 1 aliphatic carbocycles. The largest absolute Gasteiger partial charge is 0.352 e. The molecule has 0 bridgehead atoms. The van der Waals surface area contributed by atoms with E-state index >= 15 is 0 Å². The van der Waals surface area contributed by atoms with E-state index < -0.39 is 0 Å². The second-order valence-electron chi connectivity index (χ2n) is 5.62. The van der Waals surface area contributed by atoms with Gasteiger partial charge in [0.05, 0.1) is 11.1 Å². The third-order valence-electron chi connectivity index (χ3n) is 3.24. The molecule has 0 saturated heterocycles. The van der Waals surface area contributed by atoms with E-state index in [2.05, 4.69) is 20.5 Å². The van der Waals surface area contributed by atoms with Crippen molar-refractivity contribution in [2.75, 3.05) is 27.2 Å². The first-order valence-electron chi connectivity index (χ1n) is 7.25. The Hall–Kier alpha value is -1.95. The Labute approximate surface area is 124 Å². The summed E-state index contributed by atoms with van der Waals surface area (Å²) in [4.78, 5) is 30.0. The average molecular weight is 290 g/mol. The van der Waals surface area contributed by atoms with Crippen LogP contribution in [0.4, 0.5) is 0 Å². The summed E-state index contributed by atoms with van der Waals surface area (Å²) in [5, 5.41) is 5.72. The third-order valence-corrected chi connectivity index (χ3v) is 3.24. The molecule has 2 rings (SSSR count). The minimum Gasteiger partial charge on any atom is -0.352 e. The fourth-order valence-electron chi connectivity index (χ4n) is 1.88. The Balaban J connectivity index is 1.86. The van der Waals surface area contributed by atoms with E-state index in [1.165, 1.54) is 12.4 Å². The number of carbonyl (C=O) groups is 2. The van der Waals surface area contributed by atoms with Gasteiger partial charge in [-0.15, -0.1) is 0 Å². The molecule has 0 aromatic carbocycles. The predicted molar refractivity (Wildman–Crippen MR) is 80.2 cm³/mol. The zero-order valence-electron chi connectivity index (χ0n) is 12.6. The standard InChI is InChI=1S/C15H22N4O2/c1-19(2)7-3-6-17-14(20)11-8-12(10-16-9-11)15(21)18-13-4-5-13/h8-10,13H,3-7H2,1-2H3,(H,17,20)(H,18,21). The van der Waals surface area contributed by atoms with Gasteiger partial charge in [-0.3, -0.25) is 14.6 Å². The molecule has 2 N–H and O–H groups in total. The van der Waals surface area contributed by atoms with E-state index in [-0.39, 0.29) is 11.8 Å². The number of nitrogens with one attached hydrogen (secondary N) is 2. The Kier molecular flexibility index (Phi) is 5.27. The van der Waals surface area contributed by atoms with Gasteiger partial charge in [-0.05, 0) is 46.0 Å². The quantitative estimate of drug-likeness (QED) is 0.723. The van der Waals surface area contributed by atoms with Crippen molar-refractivity contribution in [2.24, 2.45) is 0 Å². The Morgan fingerprint density at radius 1 is 1.24 bits per heavy atom. The molecule has 0 unspecified atom stereocenters. The summed E-state index contributed by atoms with van der Waals surface area (Å²) in [7, 11) is 3.99. The van der Waals surface area contributed by atoms with Crippen LogP contribution in [-0.2, 0) is 0 Å². The second-order valence-corrected chi connectivity index (χ2v) is 5.62. The van der Waals surface area contributed by atoms with Crippen LogP contribution >= 0.6 is 0 Å². The maximum Gasteiger partial charge on any atom is 0.253 e. The first-order valence-corrected chi connectivity index (χ1v) is 7.25. The molecule has 114 valence electrons. The zero-order valence-corrected chi connectivity index (χ0v) is 12.6. The van der Waals surface area contributed by atoms with Gasteiger partial charge in [0.15, 0.2) is 0 Å². The molecule has 1 heterocycles. The van der Waals surface area contributed by atoms with Gasteiger partial charge in [0.2, 0.25) is 0 Å². The molecule has 1 aliphatic rings. The van der Waals surface area contributed by atoms with E-state index in [9.17, 15) is 9.59 Å². The van der Waals surface area contributed by atoms with E-state index in [0.29, 0.717) is 23.7 Å². The molecule has 0 radical (unpaired) electrons. The maximum absolute atomic E-state index is 12.0. The third kappa shape index (κ3) is 5.15. The highest BCUT2D eigenvalue weighted by Crippen LogP contribution is 2.19.